The van der Waals surface area contributed by atoms with Crippen LogP contribution in [-0.2, 0) is 16.6 Å². The van der Waals surface area contributed by atoms with E-state index in [0.29, 0.717) is 16.3 Å². The molecule has 0 atom stereocenters. The van der Waals surface area contributed by atoms with Gasteiger partial charge in [0.15, 0.2) is 0 Å². The minimum absolute atomic E-state index is 0.0119. The van der Waals surface area contributed by atoms with E-state index in [0.717, 1.165) is 0 Å². The molecule has 0 spiro atoms. The van der Waals surface area contributed by atoms with Crippen molar-refractivity contribution in [1.82, 2.24) is 0 Å². The van der Waals surface area contributed by atoms with Crippen molar-refractivity contribution in [3.05, 3.63) is 53.1 Å². The second-order valence-electron chi connectivity index (χ2n) is 4.26. The summed E-state index contributed by atoms with van der Waals surface area (Å²) in [5, 5.41) is 9.51. The summed E-state index contributed by atoms with van der Waals surface area (Å²) in [4.78, 5) is -0.0119. The molecule has 0 heterocycles. The van der Waals surface area contributed by atoms with E-state index in [-0.39, 0.29) is 17.3 Å². The van der Waals surface area contributed by atoms with Crippen LogP contribution in [0.4, 0.5) is 5.69 Å². The molecule has 2 aromatic rings. The van der Waals surface area contributed by atoms with Crippen LogP contribution in [0.15, 0.2) is 47.4 Å². The lowest BCUT2D eigenvalue weighted by Crippen LogP contribution is -2.14. The normalized spacial score (nSPS) is 11.2. The van der Waals surface area contributed by atoms with Gasteiger partial charge < -0.3 is 9.84 Å². The SMILES string of the molecule is COc1cc(CO)ccc1S(=O)(=O)Nc1cccc(Cl)c1. The van der Waals surface area contributed by atoms with Crippen LogP contribution >= 0.6 is 11.6 Å². The van der Waals surface area contributed by atoms with Crippen molar-refractivity contribution in [3.8, 4) is 5.75 Å². The summed E-state index contributed by atoms with van der Waals surface area (Å²) in [5.74, 6) is 0.163. The Hall–Kier alpha value is -1.76. The predicted octanol–water partition coefficient (Wildman–Crippen LogP) is 2.64. The molecule has 0 aromatic heterocycles. The van der Waals surface area contributed by atoms with Crippen LogP contribution in [0.5, 0.6) is 5.75 Å². The van der Waals surface area contributed by atoms with Gasteiger partial charge in [-0.05, 0) is 35.9 Å². The summed E-state index contributed by atoms with van der Waals surface area (Å²) in [5.41, 5.74) is 0.921. The van der Waals surface area contributed by atoms with E-state index >= 15 is 0 Å². The lowest BCUT2D eigenvalue weighted by atomic mass is 10.2. The fraction of sp³-hybridized carbons (Fsp3) is 0.143. The van der Waals surface area contributed by atoms with Crippen LogP contribution in [0, 0.1) is 0 Å². The molecule has 2 rings (SSSR count). The van der Waals surface area contributed by atoms with Gasteiger partial charge in [-0.1, -0.05) is 23.7 Å². The van der Waals surface area contributed by atoms with Crippen molar-refractivity contribution >= 4 is 27.3 Å². The van der Waals surface area contributed by atoms with Gasteiger partial charge in [0.2, 0.25) is 0 Å². The Balaban J connectivity index is 2.40. The van der Waals surface area contributed by atoms with Crippen molar-refractivity contribution in [2.75, 3.05) is 11.8 Å². The van der Waals surface area contributed by atoms with Gasteiger partial charge >= 0.3 is 0 Å². The lowest BCUT2D eigenvalue weighted by Gasteiger charge is -2.12. The van der Waals surface area contributed by atoms with E-state index in [2.05, 4.69) is 4.72 Å². The minimum Gasteiger partial charge on any atom is -0.495 e. The highest BCUT2D eigenvalue weighted by Crippen LogP contribution is 2.27. The third-order valence-corrected chi connectivity index (χ3v) is 4.43. The first kappa shape index (κ1) is 15.6. The molecule has 0 fully saturated rings. The highest BCUT2D eigenvalue weighted by molar-refractivity contribution is 7.92. The summed E-state index contributed by atoms with van der Waals surface area (Å²) < 4.78 is 32.3. The number of nitrogens with one attached hydrogen (secondary N) is 1. The molecule has 0 saturated carbocycles. The standard InChI is InChI=1S/C14H14ClNO4S/c1-20-13-7-10(9-17)5-6-14(13)21(18,19)16-12-4-2-3-11(15)8-12/h2-8,16-17H,9H2,1H3. The van der Waals surface area contributed by atoms with Gasteiger partial charge in [0.1, 0.15) is 10.6 Å². The van der Waals surface area contributed by atoms with Crippen molar-refractivity contribution < 1.29 is 18.3 Å². The van der Waals surface area contributed by atoms with Crippen LogP contribution in [0.1, 0.15) is 5.56 Å². The Morgan fingerprint density at radius 2 is 2.00 bits per heavy atom. The maximum Gasteiger partial charge on any atom is 0.265 e. The second-order valence-corrected chi connectivity index (χ2v) is 6.35. The second kappa shape index (κ2) is 6.34. The topological polar surface area (TPSA) is 75.6 Å². The molecule has 0 unspecified atom stereocenters. The number of sulfonamides is 1. The van der Waals surface area contributed by atoms with E-state index in [1.54, 1.807) is 18.2 Å². The summed E-state index contributed by atoms with van der Waals surface area (Å²) in [6, 6.07) is 10.8. The van der Waals surface area contributed by atoms with Gasteiger partial charge in [0, 0.05) is 5.02 Å². The zero-order valence-corrected chi connectivity index (χ0v) is 12.8. The van der Waals surface area contributed by atoms with E-state index < -0.39 is 10.0 Å². The first-order valence-electron chi connectivity index (χ1n) is 6.02. The molecule has 0 amide bonds. The quantitative estimate of drug-likeness (QED) is 0.885. The molecule has 7 heteroatoms. The van der Waals surface area contributed by atoms with E-state index in [4.69, 9.17) is 21.4 Å². The molecule has 0 saturated heterocycles. The van der Waals surface area contributed by atoms with Gasteiger partial charge in [-0.2, -0.15) is 0 Å². The average molecular weight is 328 g/mol. The first-order chi connectivity index (χ1) is 9.96. The Kier molecular flexibility index (Phi) is 4.72. The van der Waals surface area contributed by atoms with Crippen LogP contribution < -0.4 is 9.46 Å². The number of aliphatic hydroxyl groups excluding tert-OH is 1. The van der Waals surface area contributed by atoms with Crippen molar-refractivity contribution in [2.45, 2.75) is 11.5 Å². The fourth-order valence-electron chi connectivity index (χ4n) is 1.79. The predicted molar refractivity (Wildman–Crippen MR) is 81.2 cm³/mol. The molecule has 5 nitrogen and oxygen atoms in total. The van der Waals surface area contributed by atoms with Gasteiger partial charge in [-0.15, -0.1) is 0 Å². The van der Waals surface area contributed by atoms with E-state index in [9.17, 15) is 8.42 Å². The number of halogens is 1. The zero-order valence-electron chi connectivity index (χ0n) is 11.2. The summed E-state index contributed by atoms with van der Waals surface area (Å²) in [6.45, 7) is -0.196. The number of ether oxygens (including phenoxy) is 1. The molecule has 0 aliphatic carbocycles. The third kappa shape index (κ3) is 3.66. The van der Waals surface area contributed by atoms with Crippen molar-refractivity contribution in [2.24, 2.45) is 0 Å². The van der Waals surface area contributed by atoms with Crippen LogP contribution in [0.3, 0.4) is 0 Å². The Labute approximate surface area is 128 Å². The molecular weight excluding hydrogens is 314 g/mol. The maximum absolute atomic E-state index is 12.4. The maximum atomic E-state index is 12.4. The number of hydrogen-bond donors (Lipinski definition) is 2. The summed E-state index contributed by atoms with van der Waals surface area (Å²) >= 11 is 5.83. The molecule has 0 bridgehead atoms. The van der Waals surface area contributed by atoms with Gasteiger partial charge in [-0.25, -0.2) is 8.42 Å². The molecular formula is C14H14ClNO4S. The number of rotatable bonds is 5. The Morgan fingerprint density at radius 1 is 1.24 bits per heavy atom. The number of benzene rings is 2. The minimum atomic E-state index is -3.81. The smallest absolute Gasteiger partial charge is 0.265 e. The van der Waals surface area contributed by atoms with E-state index in [1.165, 1.54) is 31.4 Å². The molecule has 2 N–H and O–H groups in total. The van der Waals surface area contributed by atoms with Crippen LogP contribution in [-0.4, -0.2) is 20.6 Å². The first-order valence-corrected chi connectivity index (χ1v) is 7.88. The van der Waals surface area contributed by atoms with Crippen LogP contribution in [0.25, 0.3) is 0 Å². The van der Waals surface area contributed by atoms with Crippen molar-refractivity contribution in [3.63, 3.8) is 0 Å². The molecule has 0 aliphatic rings. The summed E-state index contributed by atoms with van der Waals surface area (Å²) in [6.07, 6.45) is 0. The highest BCUT2D eigenvalue weighted by atomic mass is 35.5. The van der Waals surface area contributed by atoms with Gasteiger partial charge in [0.25, 0.3) is 10.0 Å². The molecule has 21 heavy (non-hydrogen) atoms. The van der Waals surface area contributed by atoms with Gasteiger partial charge in [0.05, 0.1) is 19.4 Å². The summed E-state index contributed by atoms with van der Waals surface area (Å²) in [7, 11) is -2.44. The number of hydrogen-bond acceptors (Lipinski definition) is 4. The lowest BCUT2D eigenvalue weighted by molar-refractivity contribution is 0.280. The largest absolute Gasteiger partial charge is 0.495 e. The number of methoxy groups -OCH3 is 1. The Morgan fingerprint density at radius 3 is 2.62 bits per heavy atom. The number of aliphatic hydroxyl groups is 1. The third-order valence-electron chi connectivity index (χ3n) is 2.78. The Bertz CT molecular complexity index is 746. The van der Waals surface area contributed by atoms with Gasteiger partial charge in [-0.3, -0.25) is 4.72 Å². The average Bonchev–Trinajstić information content (AvgIpc) is 2.46. The van der Waals surface area contributed by atoms with E-state index in [1.807, 2.05) is 0 Å². The fourth-order valence-corrected chi connectivity index (χ4v) is 3.19. The highest BCUT2D eigenvalue weighted by Gasteiger charge is 2.20. The van der Waals surface area contributed by atoms with Crippen molar-refractivity contribution in [1.29, 1.82) is 0 Å². The molecule has 2 aromatic carbocycles. The number of anilines is 1. The molecule has 0 aliphatic heterocycles. The molecule has 0 radical (unpaired) electrons. The van der Waals surface area contributed by atoms with Crippen LogP contribution in [0.2, 0.25) is 5.02 Å². The molecule has 112 valence electrons. The monoisotopic (exact) mass is 327 g/mol. The zero-order chi connectivity index (χ0) is 15.5.